The lowest BCUT2D eigenvalue weighted by Crippen LogP contribution is -2.37. The Bertz CT molecular complexity index is 2740. The van der Waals surface area contributed by atoms with Crippen LogP contribution in [0.25, 0.3) is 5.57 Å². The summed E-state index contributed by atoms with van der Waals surface area (Å²) in [5.41, 5.74) is 6.68. The molecule has 0 saturated heterocycles. The second-order valence-corrected chi connectivity index (χ2v) is 34.3. The van der Waals surface area contributed by atoms with Crippen LogP contribution in [-0.2, 0) is 52.5 Å². The predicted molar refractivity (Wildman–Crippen MR) is 324 cm³/mol. The predicted octanol–water partition coefficient (Wildman–Crippen LogP) is 20.8. The van der Waals surface area contributed by atoms with Crippen LogP contribution in [0.15, 0.2) is 121 Å². The molecule has 0 radical (unpaired) electrons. The SMILES string of the molecule is CC(C)(C)c1ccc(OP(=O)(Oc2ccc(C(C)(C)C)cc2C(C)(C)C)C2(P(=O)(Oc3ccc(C(C)(C)C)cc3C(C)(C)C)Oc3ccc(C(C)(C)C)cc3C(C)(C)C)C=CC(c3ccccc3)=CC2)c(C(C)(C)C)c1. The van der Waals surface area contributed by atoms with Gasteiger partial charge in [0.05, 0.1) is 0 Å². The quantitative estimate of drug-likeness (QED) is 0.123. The van der Waals surface area contributed by atoms with E-state index in [1.807, 2.05) is 91.0 Å². The van der Waals surface area contributed by atoms with Crippen molar-refractivity contribution >= 4 is 20.8 Å². The van der Waals surface area contributed by atoms with Crippen molar-refractivity contribution < 1.29 is 27.2 Å². The molecule has 0 N–H and O–H groups in total. The van der Waals surface area contributed by atoms with Crippen LogP contribution in [0.2, 0.25) is 0 Å². The fraction of sp³-hybridized carbons (Fsp3) is 0.500. The third-order valence-corrected chi connectivity index (χ3v) is 20.5. The average Bonchev–Trinajstić information content (AvgIpc) is 3.26. The van der Waals surface area contributed by atoms with Crippen LogP contribution in [0.3, 0.4) is 0 Å². The van der Waals surface area contributed by atoms with E-state index in [-0.39, 0.29) is 28.1 Å². The van der Waals surface area contributed by atoms with E-state index in [1.54, 1.807) is 6.08 Å². The Kier molecular flexibility index (Phi) is 16.3. The summed E-state index contributed by atoms with van der Waals surface area (Å²) in [6.45, 7) is 51.7. The summed E-state index contributed by atoms with van der Waals surface area (Å²) >= 11 is 0. The van der Waals surface area contributed by atoms with E-state index in [9.17, 15) is 0 Å². The zero-order chi connectivity index (χ0) is 57.3. The summed E-state index contributed by atoms with van der Waals surface area (Å²) in [7, 11) is -10.0. The first kappa shape index (κ1) is 60.5. The molecule has 76 heavy (non-hydrogen) atoms. The van der Waals surface area contributed by atoms with Gasteiger partial charge in [-0.2, -0.15) is 0 Å². The molecule has 0 amide bonds. The molecule has 0 spiro atoms. The third-order valence-electron chi connectivity index (χ3n) is 14.7. The molecule has 8 heteroatoms. The van der Waals surface area contributed by atoms with Crippen LogP contribution in [0, 0.1) is 0 Å². The summed E-state index contributed by atoms with van der Waals surface area (Å²) < 4.78 is 66.0. The van der Waals surface area contributed by atoms with Crippen LogP contribution in [0.5, 0.6) is 23.0 Å². The molecule has 0 aromatic heterocycles. The van der Waals surface area contributed by atoms with Crippen molar-refractivity contribution in [3.63, 3.8) is 0 Å². The lowest BCUT2D eigenvalue weighted by atomic mass is 9.80. The number of hydrogen-bond donors (Lipinski definition) is 0. The maximum Gasteiger partial charge on any atom is 0.455 e. The fourth-order valence-corrected chi connectivity index (χ4v) is 14.8. The lowest BCUT2D eigenvalue weighted by molar-refractivity contribution is 0.329. The first-order valence-electron chi connectivity index (χ1n) is 27.4. The molecule has 1 aliphatic rings. The van der Waals surface area contributed by atoms with Gasteiger partial charge in [-0.1, -0.05) is 257 Å². The molecule has 412 valence electrons. The van der Waals surface area contributed by atoms with Gasteiger partial charge in [0.15, 0.2) is 0 Å². The van der Waals surface area contributed by atoms with Crippen LogP contribution in [0.1, 0.15) is 223 Å². The number of rotatable bonds is 11. The maximum absolute atomic E-state index is 18.1. The van der Waals surface area contributed by atoms with Crippen molar-refractivity contribution in [1.29, 1.82) is 0 Å². The Hall–Kier alpha value is -4.76. The minimum Gasteiger partial charge on any atom is -0.415 e. The van der Waals surface area contributed by atoms with E-state index in [0.717, 1.165) is 55.6 Å². The van der Waals surface area contributed by atoms with Gasteiger partial charge in [-0.15, -0.1) is 0 Å². The summed E-state index contributed by atoms with van der Waals surface area (Å²) in [4.78, 5) is -2.14. The van der Waals surface area contributed by atoms with Crippen molar-refractivity contribution in [2.75, 3.05) is 0 Å². The van der Waals surface area contributed by atoms with Gasteiger partial charge >= 0.3 is 15.2 Å². The number of hydrogen-bond acceptors (Lipinski definition) is 6. The van der Waals surface area contributed by atoms with Gasteiger partial charge in [0.25, 0.3) is 0 Å². The molecule has 5 aromatic carbocycles. The molecule has 0 unspecified atom stereocenters. The Morgan fingerprint density at radius 3 is 0.829 bits per heavy atom. The first-order chi connectivity index (χ1) is 34.4. The normalized spacial score (nSPS) is 15.3. The minimum absolute atomic E-state index is 0.103. The first-order valence-corrected chi connectivity index (χ1v) is 30.5. The Morgan fingerprint density at radius 2 is 0.618 bits per heavy atom. The highest BCUT2D eigenvalue weighted by Crippen LogP contribution is 2.80. The summed E-state index contributed by atoms with van der Waals surface area (Å²) in [6.07, 6.45) is 5.57. The molecule has 6 rings (SSSR count). The Morgan fingerprint density at radius 1 is 0.355 bits per heavy atom. The van der Waals surface area contributed by atoms with Gasteiger partial charge in [0.2, 0.25) is 4.90 Å². The molecule has 0 bridgehead atoms. The van der Waals surface area contributed by atoms with Crippen molar-refractivity contribution in [3.8, 4) is 23.0 Å². The van der Waals surface area contributed by atoms with Crippen LogP contribution in [-0.4, -0.2) is 4.90 Å². The highest BCUT2D eigenvalue weighted by atomic mass is 31.2. The van der Waals surface area contributed by atoms with Crippen molar-refractivity contribution in [3.05, 3.63) is 171 Å². The Balaban J connectivity index is 1.84. The number of benzene rings is 5. The van der Waals surface area contributed by atoms with Gasteiger partial charge in [0.1, 0.15) is 23.0 Å². The molecule has 5 aromatic rings. The van der Waals surface area contributed by atoms with Gasteiger partial charge < -0.3 is 18.1 Å². The lowest BCUT2D eigenvalue weighted by Gasteiger charge is -2.43. The third kappa shape index (κ3) is 13.0. The summed E-state index contributed by atoms with van der Waals surface area (Å²) in [6, 6.07) is 34.5. The van der Waals surface area contributed by atoms with Crippen molar-refractivity contribution in [2.45, 2.75) is 221 Å². The highest BCUT2D eigenvalue weighted by molar-refractivity contribution is 7.75. The molecule has 0 heterocycles. The topological polar surface area (TPSA) is 71.1 Å². The fourth-order valence-electron chi connectivity index (χ4n) is 9.54. The van der Waals surface area contributed by atoms with Crippen LogP contribution in [0.4, 0.5) is 0 Å². The van der Waals surface area contributed by atoms with E-state index in [4.69, 9.17) is 18.1 Å². The Labute approximate surface area is 461 Å². The summed E-state index contributed by atoms with van der Waals surface area (Å²) in [5, 5.41) is 0. The zero-order valence-electron chi connectivity index (χ0n) is 51.1. The van der Waals surface area contributed by atoms with Gasteiger partial charge in [-0.05, 0) is 107 Å². The smallest absolute Gasteiger partial charge is 0.415 e. The van der Waals surface area contributed by atoms with Gasteiger partial charge in [-0.25, -0.2) is 9.13 Å². The van der Waals surface area contributed by atoms with E-state index in [0.29, 0.717) is 23.0 Å². The number of allylic oxidation sites excluding steroid dienone is 4. The molecule has 0 atom stereocenters. The second kappa shape index (κ2) is 20.5. The van der Waals surface area contributed by atoms with Crippen LogP contribution < -0.4 is 18.1 Å². The van der Waals surface area contributed by atoms with E-state index in [2.05, 4.69) is 190 Å². The molecule has 6 nitrogen and oxygen atoms in total. The zero-order valence-corrected chi connectivity index (χ0v) is 52.9. The molecule has 0 saturated carbocycles. The molecule has 0 aliphatic heterocycles. The summed E-state index contributed by atoms with van der Waals surface area (Å²) in [5.74, 6) is 1.44. The van der Waals surface area contributed by atoms with Crippen molar-refractivity contribution in [1.82, 2.24) is 0 Å². The molecular formula is C68H94O6P2. The largest absolute Gasteiger partial charge is 0.455 e. The van der Waals surface area contributed by atoms with Crippen LogP contribution >= 0.6 is 15.2 Å². The van der Waals surface area contributed by atoms with E-state index in [1.165, 1.54) is 0 Å². The maximum atomic E-state index is 18.1. The molecular weight excluding hydrogens is 975 g/mol. The van der Waals surface area contributed by atoms with Gasteiger partial charge in [0, 0.05) is 28.7 Å². The minimum atomic E-state index is -5.02. The molecule has 0 fully saturated rings. The van der Waals surface area contributed by atoms with Gasteiger partial charge in [-0.3, -0.25) is 0 Å². The average molecular weight is 1070 g/mol. The second-order valence-electron chi connectivity index (χ2n) is 29.6. The standard InChI is InChI=1S/C68H94O6P2/c1-60(2,3)48-30-34-56(52(42-48)64(13,14)15)71-75(69,72-57-35-31-49(61(4,5)6)43-53(57)65(16,17)18)68(40-38-47(39-41-68)46-28-26-25-27-29-46)76(70,73-58-36-32-50(62(7,8)9)44-54(58)66(19,20)21)74-59-37-33-51(63(10,11)12)45-55(59)67(22,23)24/h25-40,42-45H,41H2,1-24H3. The van der Waals surface area contributed by atoms with E-state index < -0.39 is 41.7 Å². The van der Waals surface area contributed by atoms with E-state index >= 15 is 9.13 Å². The molecule has 1 aliphatic carbocycles. The highest BCUT2D eigenvalue weighted by Gasteiger charge is 2.69. The monoisotopic (exact) mass is 1070 g/mol. The van der Waals surface area contributed by atoms with Crippen molar-refractivity contribution in [2.24, 2.45) is 0 Å².